The summed E-state index contributed by atoms with van der Waals surface area (Å²) in [4.78, 5) is 16.2. The predicted molar refractivity (Wildman–Crippen MR) is 113 cm³/mol. The maximum absolute atomic E-state index is 12.0. The molecule has 0 saturated heterocycles. The van der Waals surface area contributed by atoms with Crippen LogP contribution in [0, 0.1) is 0 Å². The Morgan fingerprint density at radius 2 is 1.86 bits per heavy atom. The number of pyridine rings is 1. The van der Waals surface area contributed by atoms with Gasteiger partial charge in [0.25, 0.3) is 0 Å². The normalized spacial score (nSPS) is 10.1. The van der Waals surface area contributed by atoms with E-state index in [0.29, 0.717) is 47.0 Å². The average Bonchev–Trinajstić information content (AvgIpc) is 2.73. The molecule has 9 nitrogen and oxygen atoms in total. The van der Waals surface area contributed by atoms with Crippen LogP contribution in [-0.4, -0.2) is 41.4 Å². The van der Waals surface area contributed by atoms with E-state index in [1.54, 1.807) is 36.5 Å². The number of benzene rings is 1. The summed E-state index contributed by atoms with van der Waals surface area (Å²) in [6, 6.07) is 13.8. The third-order valence-electron chi connectivity index (χ3n) is 3.71. The van der Waals surface area contributed by atoms with Crippen molar-refractivity contribution >= 4 is 40.8 Å². The van der Waals surface area contributed by atoms with E-state index in [2.05, 4.69) is 36.4 Å². The lowest BCUT2D eigenvalue weighted by atomic mass is 10.3. The molecule has 0 fully saturated rings. The topological polar surface area (TPSA) is 113 Å². The lowest BCUT2D eigenvalue weighted by Gasteiger charge is -2.12. The molecule has 2 amide bonds. The molecule has 29 heavy (non-hydrogen) atoms. The fourth-order valence-corrected chi connectivity index (χ4v) is 2.54. The second-order valence-corrected chi connectivity index (χ2v) is 6.23. The Kier molecular flexibility index (Phi) is 7.01. The van der Waals surface area contributed by atoms with Gasteiger partial charge in [0.1, 0.15) is 17.4 Å². The Morgan fingerprint density at radius 3 is 2.59 bits per heavy atom. The first kappa shape index (κ1) is 20.2. The van der Waals surface area contributed by atoms with Gasteiger partial charge in [-0.25, -0.2) is 9.78 Å². The number of methoxy groups -OCH3 is 1. The van der Waals surface area contributed by atoms with Crippen LogP contribution in [0.3, 0.4) is 0 Å². The van der Waals surface area contributed by atoms with Crippen molar-refractivity contribution in [2.24, 2.45) is 0 Å². The average molecular weight is 414 g/mol. The van der Waals surface area contributed by atoms with E-state index in [4.69, 9.17) is 16.3 Å². The number of nitrogens with zero attached hydrogens (tertiary/aromatic N) is 3. The molecule has 1 aromatic carbocycles. The van der Waals surface area contributed by atoms with Crippen LogP contribution in [-0.2, 0) is 0 Å². The lowest BCUT2D eigenvalue weighted by molar-refractivity contribution is 0.252. The van der Waals surface area contributed by atoms with Crippen molar-refractivity contribution in [2.75, 3.05) is 36.1 Å². The van der Waals surface area contributed by atoms with Crippen LogP contribution in [0.2, 0.25) is 5.02 Å². The summed E-state index contributed by atoms with van der Waals surface area (Å²) >= 11 is 5.95. The lowest BCUT2D eigenvalue weighted by Crippen LogP contribution is -2.32. The second-order valence-electron chi connectivity index (χ2n) is 5.80. The molecule has 0 spiro atoms. The number of ether oxygens (including phenoxy) is 1. The second kappa shape index (κ2) is 10.1. The number of halogens is 1. The Bertz CT molecular complexity index is 939. The molecule has 0 aliphatic carbocycles. The highest BCUT2D eigenvalue weighted by Gasteiger charge is 2.07. The van der Waals surface area contributed by atoms with E-state index in [9.17, 15) is 4.79 Å². The van der Waals surface area contributed by atoms with E-state index < -0.39 is 0 Å². The number of carbonyl (C=O) groups is 1. The molecule has 0 radical (unpaired) electrons. The third kappa shape index (κ3) is 6.22. The maximum Gasteiger partial charge on any atom is 0.319 e. The molecular weight excluding hydrogens is 394 g/mol. The molecule has 0 aliphatic heterocycles. The summed E-state index contributed by atoms with van der Waals surface area (Å²) in [5.74, 6) is 2.39. The van der Waals surface area contributed by atoms with E-state index in [0.717, 1.165) is 0 Å². The number of nitrogens with one attached hydrogen (secondary N) is 4. The first-order valence-corrected chi connectivity index (χ1v) is 9.16. The highest BCUT2D eigenvalue weighted by molar-refractivity contribution is 6.31. The van der Waals surface area contributed by atoms with Crippen LogP contribution < -0.4 is 26.0 Å². The van der Waals surface area contributed by atoms with E-state index in [-0.39, 0.29) is 6.03 Å². The van der Waals surface area contributed by atoms with Gasteiger partial charge in [0, 0.05) is 24.3 Å². The molecule has 0 bridgehead atoms. The van der Waals surface area contributed by atoms with Gasteiger partial charge in [0.15, 0.2) is 5.82 Å². The van der Waals surface area contributed by atoms with Crippen LogP contribution in [0.1, 0.15) is 0 Å². The van der Waals surface area contributed by atoms with Gasteiger partial charge in [-0.15, -0.1) is 10.2 Å². The number of anilines is 4. The molecule has 10 heteroatoms. The molecule has 0 saturated carbocycles. The summed E-state index contributed by atoms with van der Waals surface area (Å²) in [6.45, 7) is 0.853. The molecular formula is C19H20ClN7O2. The zero-order valence-corrected chi connectivity index (χ0v) is 16.4. The highest BCUT2D eigenvalue weighted by Crippen LogP contribution is 2.27. The minimum absolute atomic E-state index is 0.367. The van der Waals surface area contributed by atoms with Crippen LogP contribution in [0.5, 0.6) is 5.75 Å². The van der Waals surface area contributed by atoms with Crippen molar-refractivity contribution < 1.29 is 9.53 Å². The fraction of sp³-hybridized carbons (Fsp3) is 0.158. The van der Waals surface area contributed by atoms with Gasteiger partial charge in [0.2, 0.25) is 0 Å². The third-order valence-corrected chi connectivity index (χ3v) is 3.95. The summed E-state index contributed by atoms with van der Waals surface area (Å²) in [7, 11) is 1.52. The molecule has 150 valence electrons. The van der Waals surface area contributed by atoms with Crippen LogP contribution in [0.4, 0.5) is 27.9 Å². The molecule has 2 heterocycles. The Hall–Kier alpha value is -3.59. The summed E-state index contributed by atoms with van der Waals surface area (Å²) in [5.41, 5.74) is 0.493. The highest BCUT2D eigenvalue weighted by atomic mass is 35.5. The summed E-state index contributed by atoms with van der Waals surface area (Å²) in [6.07, 6.45) is 1.69. The van der Waals surface area contributed by atoms with E-state index in [1.165, 1.54) is 7.11 Å². The number of rotatable bonds is 8. The zero-order chi connectivity index (χ0) is 20.5. The van der Waals surface area contributed by atoms with Crippen molar-refractivity contribution in [3.8, 4) is 5.75 Å². The molecule has 0 aliphatic rings. The van der Waals surface area contributed by atoms with Gasteiger partial charge in [-0.05, 0) is 42.5 Å². The number of amides is 2. The monoisotopic (exact) mass is 413 g/mol. The van der Waals surface area contributed by atoms with Gasteiger partial charge in [-0.2, -0.15) is 0 Å². The van der Waals surface area contributed by atoms with E-state index in [1.807, 2.05) is 18.2 Å². The van der Waals surface area contributed by atoms with Crippen molar-refractivity contribution in [3.05, 3.63) is 59.8 Å². The Morgan fingerprint density at radius 1 is 1.03 bits per heavy atom. The zero-order valence-electron chi connectivity index (χ0n) is 15.6. The van der Waals surface area contributed by atoms with Gasteiger partial charge < -0.3 is 26.0 Å². The molecule has 4 N–H and O–H groups in total. The molecule has 2 aromatic heterocycles. The number of hydrogen-bond donors (Lipinski definition) is 4. The van der Waals surface area contributed by atoms with Gasteiger partial charge in [0.05, 0.1) is 12.8 Å². The molecule has 0 atom stereocenters. The SMILES string of the molecule is COc1ccc(Cl)cc1NC(=O)NCCNc1ccc(Nc2ccccn2)nn1. The number of carbonyl (C=O) groups excluding carboxylic acids is 1. The van der Waals surface area contributed by atoms with Gasteiger partial charge in [-0.3, -0.25) is 0 Å². The summed E-state index contributed by atoms with van der Waals surface area (Å²) < 4.78 is 5.19. The number of hydrogen-bond acceptors (Lipinski definition) is 7. The first-order chi connectivity index (χ1) is 14.1. The molecule has 3 rings (SSSR count). The number of aromatic nitrogens is 3. The van der Waals surface area contributed by atoms with Gasteiger partial charge in [-0.1, -0.05) is 17.7 Å². The number of urea groups is 1. The molecule has 0 unspecified atom stereocenters. The van der Waals surface area contributed by atoms with Crippen LogP contribution in [0.15, 0.2) is 54.7 Å². The van der Waals surface area contributed by atoms with Crippen molar-refractivity contribution in [2.45, 2.75) is 0 Å². The van der Waals surface area contributed by atoms with Gasteiger partial charge >= 0.3 is 6.03 Å². The standard InChI is InChI=1S/C19H20ClN7O2/c1-29-15-6-5-13(20)12-14(15)24-19(28)23-11-10-22-17-7-8-18(27-26-17)25-16-4-2-3-9-21-16/h2-9,12H,10-11H2,1H3,(H,22,26)(H,21,25,27)(H2,23,24,28). The van der Waals surface area contributed by atoms with Crippen molar-refractivity contribution in [1.82, 2.24) is 20.5 Å². The van der Waals surface area contributed by atoms with Crippen molar-refractivity contribution in [3.63, 3.8) is 0 Å². The van der Waals surface area contributed by atoms with E-state index >= 15 is 0 Å². The van der Waals surface area contributed by atoms with Crippen molar-refractivity contribution in [1.29, 1.82) is 0 Å². The first-order valence-electron chi connectivity index (χ1n) is 8.78. The smallest absolute Gasteiger partial charge is 0.319 e. The minimum Gasteiger partial charge on any atom is -0.495 e. The predicted octanol–water partition coefficient (Wildman–Crippen LogP) is 3.51. The Balaban J connectivity index is 1.41. The summed E-state index contributed by atoms with van der Waals surface area (Å²) in [5, 5.41) is 20.2. The minimum atomic E-state index is -0.367. The largest absolute Gasteiger partial charge is 0.495 e. The molecule has 3 aromatic rings. The quantitative estimate of drug-likeness (QED) is 0.418. The van der Waals surface area contributed by atoms with Crippen LogP contribution >= 0.6 is 11.6 Å². The Labute approximate surface area is 172 Å². The van der Waals surface area contributed by atoms with Crippen LogP contribution in [0.25, 0.3) is 0 Å². The fourth-order valence-electron chi connectivity index (χ4n) is 2.37. The maximum atomic E-state index is 12.0.